The van der Waals surface area contributed by atoms with Gasteiger partial charge in [0.2, 0.25) is 5.91 Å². The van der Waals surface area contributed by atoms with Gasteiger partial charge in [-0.15, -0.1) is 0 Å². The van der Waals surface area contributed by atoms with Crippen molar-refractivity contribution in [1.29, 1.82) is 0 Å². The summed E-state index contributed by atoms with van der Waals surface area (Å²) in [6.45, 7) is 6.59. The number of rotatable bonds is 9. The molecular weight excluding hydrogens is 234 g/mol. The Morgan fingerprint density at radius 2 is 1.74 bits per heavy atom. The van der Waals surface area contributed by atoms with Crippen molar-refractivity contribution in [3.8, 4) is 0 Å². The Balaban J connectivity index is 2.43. The van der Waals surface area contributed by atoms with E-state index in [0.29, 0.717) is 0 Å². The minimum absolute atomic E-state index is 0.0141. The molecule has 0 heterocycles. The van der Waals surface area contributed by atoms with Gasteiger partial charge in [-0.1, -0.05) is 63.8 Å². The van der Waals surface area contributed by atoms with Crippen LogP contribution in [0.25, 0.3) is 0 Å². The zero-order chi connectivity index (χ0) is 13.9. The van der Waals surface area contributed by atoms with E-state index in [-0.39, 0.29) is 5.91 Å². The van der Waals surface area contributed by atoms with Gasteiger partial charge in [0, 0.05) is 12.2 Å². The Morgan fingerprint density at radius 3 is 2.37 bits per heavy atom. The molecule has 1 aromatic carbocycles. The fourth-order valence-corrected chi connectivity index (χ4v) is 2.13. The van der Waals surface area contributed by atoms with Crippen LogP contribution in [-0.4, -0.2) is 12.5 Å². The summed E-state index contributed by atoms with van der Waals surface area (Å²) in [5.41, 5.74) is 0.959. The summed E-state index contributed by atoms with van der Waals surface area (Å²) in [4.78, 5) is 13.7. The largest absolute Gasteiger partial charge is 0.309 e. The summed E-state index contributed by atoms with van der Waals surface area (Å²) in [5, 5.41) is 0. The Morgan fingerprint density at radius 1 is 1.11 bits per heavy atom. The van der Waals surface area contributed by atoms with Crippen LogP contribution in [0.2, 0.25) is 0 Å². The van der Waals surface area contributed by atoms with Crippen molar-refractivity contribution in [2.45, 2.75) is 45.4 Å². The van der Waals surface area contributed by atoms with Gasteiger partial charge in [0.1, 0.15) is 0 Å². The van der Waals surface area contributed by atoms with Crippen molar-refractivity contribution in [3.05, 3.63) is 43.0 Å². The van der Waals surface area contributed by atoms with Gasteiger partial charge >= 0.3 is 0 Å². The van der Waals surface area contributed by atoms with Gasteiger partial charge in [-0.05, 0) is 24.6 Å². The van der Waals surface area contributed by atoms with Crippen LogP contribution in [0.15, 0.2) is 43.0 Å². The Kier molecular flexibility index (Phi) is 7.64. The predicted octanol–water partition coefficient (Wildman–Crippen LogP) is 4.57. The molecule has 0 aromatic heterocycles. The first-order valence-electron chi connectivity index (χ1n) is 7.28. The summed E-state index contributed by atoms with van der Waals surface area (Å²) in [7, 11) is 0. The van der Waals surface area contributed by atoms with Gasteiger partial charge in [0.25, 0.3) is 0 Å². The first-order valence-corrected chi connectivity index (χ1v) is 7.28. The summed E-state index contributed by atoms with van der Waals surface area (Å²) in [6.07, 6.45) is 8.78. The van der Waals surface area contributed by atoms with Gasteiger partial charge in [-0.25, -0.2) is 0 Å². The molecule has 1 amide bonds. The summed E-state index contributed by atoms with van der Waals surface area (Å²) < 4.78 is 0. The van der Waals surface area contributed by atoms with Gasteiger partial charge < -0.3 is 4.90 Å². The second kappa shape index (κ2) is 9.37. The third-order valence-corrected chi connectivity index (χ3v) is 3.24. The van der Waals surface area contributed by atoms with Crippen molar-refractivity contribution in [1.82, 2.24) is 0 Å². The van der Waals surface area contributed by atoms with Crippen molar-refractivity contribution in [2.24, 2.45) is 0 Å². The van der Waals surface area contributed by atoms with Crippen LogP contribution in [-0.2, 0) is 4.79 Å². The molecular formula is C17H25NO. The molecule has 0 saturated carbocycles. The van der Waals surface area contributed by atoms with Crippen LogP contribution < -0.4 is 4.90 Å². The standard InChI is InChI=1S/C17H25NO/c1-3-5-6-7-8-12-15-18(17(19)4-2)16-13-10-9-11-14-16/h4,9-11,13-14H,2-3,5-8,12,15H2,1H3. The molecule has 19 heavy (non-hydrogen) atoms. The van der Waals surface area contributed by atoms with Gasteiger partial charge in [0.15, 0.2) is 0 Å². The molecule has 0 bridgehead atoms. The third kappa shape index (κ3) is 5.73. The molecule has 0 aliphatic heterocycles. The Labute approximate surface area is 117 Å². The lowest BCUT2D eigenvalue weighted by Gasteiger charge is -2.21. The number of amides is 1. The molecule has 2 nitrogen and oxygen atoms in total. The average Bonchev–Trinajstić information content (AvgIpc) is 2.47. The van der Waals surface area contributed by atoms with Crippen LogP contribution >= 0.6 is 0 Å². The highest BCUT2D eigenvalue weighted by Crippen LogP contribution is 2.15. The van der Waals surface area contributed by atoms with E-state index in [1.165, 1.54) is 38.2 Å². The molecule has 2 heteroatoms. The number of nitrogens with zero attached hydrogens (tertiary/aromatic N) is 1. The second-order valence-corrected chi connectivity index (χ2v) is 4.80. The maximum atomic E-state index is 11.9. The van der Waals surface area contributed by atoms with Crippen LogP contribution in [0.5, 0.6) is 0 Å². The molecule has 1 aromatic rings. The molecule has 0 spiro atoms. The van der Waals surface area contributed by atoms with E-state index in [2.05, 4.69) is 13.5 Å². The average molecular weight is 259 g/mol. The van der Waals surface area contributed by atoms with Crippen molar-refractivity contribution in [2.75, 3.05) is 11.4 Å². The number of hydrogen-bond acceptors (Lipinski definition) is 1. The molecule has 104 valence electrons. The lowest BCUT2D eigenvalue weighted by atomic mass is 10.1. The Hall–Kier alpha value is -1.57. The lowest BCUT2D eigenvalue weighted by molar-refractivity contribution is -0.114. The molecule has 0 fully saturated rings. The van der Waals surface area contributed by atoms with Crippen LogP contribution in [0, 0.1) is 0 Å². The zero-order valence-electron chi connectivity index (χ0n) is 12.0. The summed E-state index contributed by atoms with van der Waals surface area (Å²) >= 11 is 0. The van der Waals surface area contributed by atoms with Crippen molar-refractivity contribution < 1.29 is 4.79 Å². The van der Waals surface area contributed by atoms with E-state index in [4.69, 9.17) is 0 Å². The normalized spacial score (nSPS) is 10.2. The number of carbonyl (C=O) groups is 1. The molecule has 0 radical (unpaired) electrons. The highest BCUT2D eigenvalue weighted by molar-refractivity contribution is 6.00. The van der Waals surface area contributed by atoms with Crippen LogP contribution in [0.4, 0.5) is 5.69 Å². The van der Waals surface area contributed by atoms with Gasteiger partial charge in [0.05, 0.1) is 0 Å². The first-order chi connectivity index (χ1) is 9.29. The summed E-state index contributed by atoms with van der Waals surface area (Å²) in [6, 6.07) is 9.82. The van der Waals surface area contributed by atoms with E-state index in [0.717, 1.165) is 18.7 Å². The van der Waals surface area contributed by atoms with Crippen LogP contribution in [0.1, 0.15) is 45.4 Å². The maximum Gasteiger partial charge on any atom is 0.250 e. The number of carbonyl (C=O) groups excluding carboxylic acids is 1. The van der Waals surface area contributed by atoms with E-state index >= 15 is 0 Å². The smallest absolute Gasteiger partial charge is 0.250 e. The molecule has 1 rings (SSSR count). The Bertz CT molecular complexity index is 372. The first kappa shape index (κ1) is 15.5. The fourth-order valence-electron chi connectivity index (χ4n) is 2.13. The zero-order valence-corrected chi connectivity index (χ0v) is 12.0. The quantitative estimate of drug-likeness (QED) is 0.470. The highest BCUT2D eigenvalue weighted by atomic mass is 16.2. The predicted molar refractivity (Wildman–Crippen MR) is 82.4 cm³/mol. The minimum Gasteiger partial charge on any atom is -0.309 e. The number of unbranched alkanes of at least 4 members (excludes halogenated alkanes) is 5. The number of benzene rings is 1. The SMILES string of the molecule is C=CC(=O)N(CCCCCCCC)c1ccccc1. The number of para-hydroxylation sites is 1. The lowest BCUT2D eigenvalue weighted by Crippen LogP contribution is -2.30. The van der Waals surface area contributed by atoms with E-state index < -0.39 is 0 Å². The van der Waals surface area contributed by atoms with Crippen molar-refractivity contribution >= 4 is 11.6 Å². The molecule has 0 aliphatic rings. The van der Waals surface area contributed by atoms with Gasteiger partial charge in [-0.2, -0.15) is 0 Å². The number of anilines is 1. The third-order valence-electron chi connectivity index (χ3n) is 3.24. The highest BCUT2D eigenvalue weighted by Gasteiger charge is 2.11. The van der Waals surface area contributed by atoms with Crippen LogP contribution in [0.3, 0.4) is 0 Å². The van der Waals surface area contributed by atoms with Crippen molar-refractivity contribution in [3.63, 3.8) is 0 Å². The van der Waals surface area contributed by atoms with E-state index in [1.807, 2.05) is 35.2 Å². The minimum atomic E-state index is -0.0141. The van der Waals surface area contributed by atoms with E-state index in [1.54, 1.807) is 0 Å². The summed E-state index contributed by atoms with van der Waals surface area (Å²) in [5.74, 6) is -0.0141. The molecule has 0 atom stereocenters. The van der Waals surface area contributed by atoms with E-state index in [9.17, 15) is 4.79 Å². The topological polar surface area (TPSA) is 20.3 Å². The van der Waals surface area contributed by atoms with Gasteiger partial charge in [-0.3, -0.25) is 4.79 Å². The fraction of sp³-hybridized carbons (Fsp3) is 0.471. The molecule has 0 aliphatic carbocycles. The molecule has 0 unspecified atom stereocenters. The molecule has 0 saturated heterocycles. The second-order valence-electron chi connectivity index (χ2n) is 4.80. The molecule has 0 N–H and O–H groups in total. The monoisotopic (exact) mass is 259 g/mol. The maximum absolute atomic E-state index is 11.9. The number of hydrogen-bond donors (Lipinski definition) is 0.